The molecule has 140 valence electrons. The first-order valence-corrected chi connectivity index (χ1v) is 8.83. The van der Waals surface area contributed by atoms with E-state index in [9.17, 15) is 10.1 Å². The van der Waals surface area contributed by atoms with E-state index < -0.39 is 0 Å². The second-order valence-corrected chi connectivity index (χ2v) is 6.84. The molecule has 0 unspecified atom stereocenters. The summed E-state index contributed by atoms with van der Waals surface area (Å²) in [6, 6.07) is 10.8. The highest BCUT2D eigenvalue weighted by atomic mass is 35.5. The Morgan fingerprint density at radius 3 is 2.52 bits per heavy atom. The summed E-state index contributed by atoms with van der Waals surface area (Å²) in [7, 11) is 1.80. The van der Waals surface area contributed by atoms with Crippen LogP contribution in [0.3, 0.4) is 0 Å². The molecule has 0 fully saturated rings. The smallest absolute Gasteiger partial charge is 0.276 e. The van der Waals surface area contributed by atoms with Crippen molar-refractivity contribution >= 4 is 17.3 Å². The van der Waals surface area contributed by atoms with Gasteiger partial charge in [0.25, 0.3) is 5.69 Å². The molecular weight excluding hydrogens is 366 g/mol. The van der Waals surface area contributed by atoms with Crippen molar-refractivity contribution in [2.75, 3.05) is 0 Å². The van der Waals surface area contributed by atoms with Crippen LogP contribution in [0.2, 0.25) is 5.15 Å². The summed E-state index contributed by atoms with van der Waals surface area (Å²) in [4.78, 5) is 10.9. The Morgan fingerprint density at radius 2 is 1.93 bits per heavy atom. The van der Waals surface area contributed by atoms with Crippen LogP contribution >= 0.6 is 11.6 Å². The van der Waals surface area contributed by atoms with Crippen LogP contribution in [0.15, 0.2) is 36.4 Å². The number of nitro benzene ring substituents is 1. The Hall–Kier alpha value is -2.86. The number of halogens is 1. The van der Waals surface area contributed by atoms with Gasteiger partial charge in [-0.15, -0.1) is 0 Å². The maximum Gasteiger partial charge on any atom is 0.276 e. The molecule has 3 aromatic rings. The van der Waals surface area contributed by atoms with Gasteiger partial charge >= 0.3 is 0 Å². The van der Waals surface area contributed by atoms with Crippen LogP contribution in [0.4, 0.5) is 5.69 Å². The molecule has 0 N–H and O–H groups in total. The van der Waals surface area contributed by atoms with Crippen molar-refractivity contribution < 1.29 is 9.66 Å². The van der Waals surface area contributed by atoms with Crippen LogP contribution in [-0.2, 0) is 13.7 Å². The molecule has 0 spiro atoms. The first-order valence-electron chi connectivity index (χ1n) is 8.45. The lowest BCUT2D eigenvalue weighted by atomic mass is 10.1. The Bertz CT molecular complexity index is 1030. The Morgan fingerprint density at radius 1 is 1.19 bits per heavy atom. The van der Waals surface area contributed by atoms with Crippen LogP contribution < -0.4 is 4.74 Å². The van der Waals surface area contributed by atoms with E-state index >= 15 is 0 Å². The number of ether oxygens (including phenoxy) is 1. The molecule has 0 aliphatic rings. The highest BCUT2D eigenvalue weighted by Gasteiger charge is 2.17. The van der Waals surface area contributed by atoms with E-state index in [1.165, 1.54) is 6.07 Å². The molecule has 2 aromatic carbocycles. The van der Waals surface area contributed by atoms with E-state index in [2.05, 4.69) is 5.10 Å². The van der Waals surface area contributed by atoms with E-state index in [1.54, 1.807) is 17.8 Å². The number of benzene rings is 2. The van der Waals surface area contributed by atoms with E-state index in [0.29, 0.717) is 16.5 Å². The standard InChI is InChI=1S/C20H20ClN3O3/c1-12-6-5-7-17(24(25)26)16(12)11-27-18-9-8-15(10-13(18)2)19-14(3)20(21)23(4)22-19/h5-10H,11H2,1-4H3. The number of aromatic nitrogens is 2. The highest BCUT2D eigenvalue weighted by molar-refractivity contribution is 6.30. The summed E-state index contributed by atoms with van der Waals surface area (Å²) < 4.78 is 7.53. The summed E-state index contributed by atoms with van der Waals surface area (Å²) in [5, 5.41) is 16.3. The average molecular weight is 386 g/mol. The van der Waals surface area contributed by atoms with E-state index in [-0.39, 0.29) is 17.2 Å². The fraction of sp³-hybridized carbons (Fsp3) is 0.250. The van der Waals surface area contributed by atoms with Crippen molar-refractivity contribution in [3.63, 3.8) is 0 Å². The predicted octanol–water partition coefficient (Wildman–Crippen LogP) is 5.15. The lowest BCUT2D eigenvalue weighted by Crippen LogP contribution is -2.03. The zero-order valence-corrected chi connectivity index (χ0v) is 16.4. The lowest BCUT2D eigenvalue weighted by molar-refractivity contribution is -0.385. The van der Waals surface area contributed by atoms with E-state index in [0.717, 1.165) is 27.9 Å². The van der Waals surface area contributed by atoms with Crippen molar-refractivity contribution in [2.45, 2.75) is 27.4 Å². The molecule has 27 heavy (non-hydrogen) atoms. The summed E-state index contributed by atoms with van der Waals surface area (Å²) in [5.41, 5.74) is 5.10. The minimum Gasteiger partial charge on any atom is -0.488 e. The van der Waals surface area contributed by atoms with Gasteiger partial charge in [0, 0.05) is 24.2 Å². The quantitative estimate of drug-likeness (QED) is 0.449. The Kier molecular flexibility index (Phi) is 5.19. The maximum atomic E-state index is 11.2. The number of aryl methyl sites for hydroxylation is 3. The summed E-state index contributed by atoms with van der Waals surface area (Å²) in [6.45, 7) is 5.85. The first-order chi connectivity index (χ1) is 12.8. The normalized spacial score (nSPS) is 10.9. The van der Waals surface area contributed by atoms with Crippen LogP contribution in [0, 0.1) is 30.9 Å². The molecule has 7 heteroatoms. The summed E-state index contributed by atoms with van der Waals surface area (Å²) >= 11 is 6.21. The molecule has 6 nitrogen and oxygen atoms in total. The summed E-state index contributed by atoms with van der Waals surface area (Å²) in [5.74, 6) is 0.677. The third-order valence-electron chi connectivity index (χ3n) is 4.60. The molecule has 0 saturated carbocycles. The van der Waals surface area contributed by atoms with Crippen molar-refractivity contribution in [1.29, 1.82) is 0 Å². The fourth-order valence-electron chi connectivity index (χ4n) is 3.04. The van der Waals surface area contributed by atoms with E-state index in [1.807, 2.05) is 45.0 Å². The van der Waals surface area contributed by atoms with Gasteiger partial charge in [0.2, 0.25) is 0 Å². The highest BCUT2D eigenvalue weighted by Crippen LogP contribution is 2.31. The van der Waals surface area contributed by atoms with Crippen LogP contribution in [0.5, 0.6) is 5.75 Å². The topological polar surface area (TPSA) is 70.2 Å². The summed E-state index contributed by atoms with van der Waals surface area (Å²) in [6.07, 6.45) is 0. The molecule has 0 atom stereocenters. The predicted molar refractivity (Wildman–Crippen MR) is 105 cm³/mol. The molecule has 3 rings (SSSR count). The minimum atomic E-state index is -0.380. The number of nitrogens with zero attached hydrogens (tertiary/aromatic N) is 3. The minimum absolute atomic E-state index is 0.0722. The monoisotopic (exact) mass is 385 g/mol. The van der Waals surface area contributed by atoms with Gasteiger partial charge in [-0.05, 0) is 50.1 Å². The molecule has 0 radical (unpaired) electrons. The molecular formula is C20H20ClN3O3. The number of hydrogen-bond donors (Lipinski definition) is 0. The van der Waals surface area contributed by atoms with Gasteiger partial charge in [-0.25, -0.2) is 0 Å². The zero-order valence-electron chi connectivity index (χ0n) is 15.6. The van der Waals surface area contributed by atoms with Crippen molar-refractivity contribution in [3.05, 3.63) is 73.9 Å². The number of rotatable bonds is 5. The third kappa shape index (κ3) is 3.66. The SMILES string of the molecule is Cc1cc(-c2nn(C)c(Cl)c2C)ccc1OCc1c(C)cccc1[N+](=O)[O-]. The average Bonchev–Trinajstić information content (AvgIpc) is 2.88. The first kappa shape index (κ1) is 18.9. The van der Waals surface area contributed by atoms with Gasteiger partial charge in [-0.2, -0.15) is 5.10 Å². The number of nitro groups is 1. The molecule has 0 saturated heterocycles. The van der Waals surface area contributed by atoms with Gasteiger partial charge < -0.3 is 4.74 Å². The van der Waals surface area contributed by atoms with Gasteiger partial charge in [-0.3, -0.25) is 14.8 Å². The molecule has 0 amide bonds. The van der Waals surface area contributed by atoms with Crippen molar-refractivity contribution in [2.24, 2.45) is 7.05 Å². The molecule has 0 aliphatic carbocycles. The number of hydrogen-bond acceptors (Lipinski definition) is 4. The van der Waals surface area contributed by atoms with Gasteiger partial charge in [0.1, 0.15) is 17.5 Å². The molecule has 1 aromatic heterocycles. The van der Waals surface area contributed by atoms with Crippen LogP contribution in [-0.4, -0.2) is 14.7 Å². The molecule has 0 bridgehead atoms. The third-order valence-corrected chi connectivity index (χ3v) is 5.13. The lowest BCUT2D eigenvalue weighted by Gasteiger charge is -2.12. The van der Waals surface area contributed by atoms with Gasteiger partial charge in [0.05, 0.1) is 16.2 Å². The maximum absolute atomic E-state index is 11.2. The fourth-order valence-corrected chi connectivity index (χ4v) is 3.17. The Balaban J connectivity index is 1.86. The Labute approximate surface area is 162 Å². The largest absolute Gasteiger partial charge is 0.488 e. The van der Waals surface area contributed by atoms with Crippen molar-refractivity contribution in [3.8, 4) is 17.0 Å². The second-order valence-electron chi connectivity index (χ2n) is 6.49. The van der Waals surface area contributed by atoms with Crippen molar-refractivity contribution in [1.82, 2.24) is 9.78 Å². The zero-order chi connectivity index (χ0) is 19.7. The molecule has 1 heterocycles. The van der Waals surface area contributed by atoms with Gasteiger partial charge in [0.15, 0.2) is 0 Å². The second kappa shape index (κ2) is 7.40. The van der Waals surface area contributed by atoms with Gasteiger partial charge in [-0.1, -0.05) is 23.7 Å². The van der Waals surface area contributed by atoms with E-state index in [4.69, 9.17) is 16.3 Å². The van der Waals surface area contributed by atoms with Crippen LogP contribution in [0.25, 0.3) is 11.3 Å². The van der Waals surface area contributed by atoms with Crippen LogP contribution in [0.1, 0.15) is 22.3 Å². The molecule has 0 aliphatic heterocycles.